The molecule has 2 aromatic rings. The fourth-order valence-corrected chi connectivity index (χ4v) is 4.98. The highest BCUT2D eigenvalue weighted by Gasteiger charge is 2.53. The molecule has 0 spiro atoms. The lowest BCUT2D eigenvalue weighted by atomic mass is 10.1. The second-order valence-electron chi connectivity index (χ2n) is 6.43. The minimum absolute atomic E-state index is 0.0634. The van der Waals surface area contributed by atoms with Crippen molar-refractivity contribution in [1.29, 1.82) is 0 Å². The van der Waals surface area contributed by atoms with E-state index in [1.807, 2.05) is 11.8 Å². The number of likely N-dealkylation sites (tertiary alicyclic amines) is 1. The van der Waals surface area contributed by atoms with Gasteiger partial charge in [0.05, 0.1) is 14.9 Å². The van der Waals surface area contributed by atoms with E-state index in [4.69, 9.17) is 17.3 Å². The summed E-state index contributed by atoms with van der Waals surface area (Å²) in [6.45, 7) is 2.97. The molecule has 2 N–H and O–H groups in total. The van der Waals surface area contributed by atoms with E-state index in [2.05, 4.69) is 4.98 Å². The quantitative estimate of drug-likeness (QED) is 0.907. The van der Waals surface area contributed by atoms with Crippen molar-refractivity contribution in [2.24, 2.45) is 17.6 Å². The highest BCUT2D eigenvalue weighted by molar-refractivity contribution is 7.15. The highest BCUT2D eigenvalue weighted by atomic mass is 35.5. The summed E-state index contributed by atoms with van der Waals surface area (Å²) >= 11 is 7.48. The number of nitrogens with zero attached hydrogens (tertiary/aromatic N) is 2. The molecule has 2 heterocycles. The van der Waals surface area contributed by atoms with Crippen LogP contribution in [0, 0.1) is 24.6 Å². The number of piperidine rings is 1. The molecule has 1 saturated heterocycles. The SMILES string of the molecule is Cc1nc(C(=O)N2C[C@@H]3C[C@@H]3[C@H]2CN)c(-c2c(F)cccc2Cl)s1. The van der Waals surface area contributed by atoms with Gasteiger partial charge in [-0.25, -0.2) is 9.37 Å². The predicted octanol–water partition coefficient (Wildman–Crippen LogP) is 3.33. The Balaban J connectivity index is 1.76. The van der Waals surface area contributed by atoms with Crippen LogP contribution in [0.15, 0.2) is 18.2 Å². The normalized spacial score (nSPS) is 25.0. The summed E-state index contributed by atoms with van der Waals surface area (Å²) in [5, 5.41) is 0.994. The monoisotopic (exact) mass is 365 g/mol. The first-order valence-corrected chi connectivity index (χ1v) is 9.13. The largest absolute Gasteiger partial charge is 0.332 e. The molecule has 1 aliphatic carbocycles. The maximum absolute atomic E-state index is 14.3. The minimum atomic E-state index is -0.445. The van der Waals surface area contributed by atoms with Crippen molar-refractivity contribution >= 4 is 28.8 Å². The molecule has 1 saturated carbocycles. The zero-order valence-electron chi connectivity index (χ0n) is 13.1. The van der Waals surface area contributed by atoms with Gasteiger partial charge in [-0.1, -0.05) is 17.7 Å². The van der Waals surface area contributed by atoms with E-state index in [1.54, 1.807) is 12.1 Å². The average Bonchev–Trinajstić information content (AvgIpc) is 3.05. The number of nitrogens with two attached hydrogens (primary N) is 1. The number of thiazole rings is 1. The minimum Gasteiger partial charge on any atom is -0.332 e. The summed E-state index contributed by atoms with van der Waals surface area (Å²) in [5.74, 6) is 0.457. The lowest BCUT2D eigenvalue weighted by Crippen LogP contribution is -2.43. The summed E-state index contributed by atoms with van der Waals surface area (Å²) < 4.78 is 14.3. The van der Waals surface area contributed by atoms with Crippen molar-refractivity contribution in [1.82, 2.24) is 9.88 Å². The second kappa shape index (κ2) is 5.79. The Morgan fingerprint density at radius 3 is 3.04 bits per heavy atom. The molecule has 24 heavy (non-hydrogen) atoms. The Kier molecular flexibility index (Phi) is 3.86. The van der Waals surface area contributed by atoms with E-state index in [0.29, 0.717) is 34.8 Å². The highest BCUT2D eigenvalue weighted by Crippen LogP contribution is 2.50. The van der Waals surface area contributed by atoms with E-state index < -0.39 is 5.82 Å². The van der Waals surface area contributed by atoms with Gasteiger partial charge in [-0.2, -0.15) is 0 Å². The van der Waals surface area contributed by atoms with Gasteiger partial charge in [-0.05, 0) is 37.3 Å². The van der Waals surface area contributed by atoms with Gasteiger partial charge in [-0.15, -0.1) is 11.3 Å². The van der Waals surface area contributed by atoms with E-state index in [0.717, 1.165) is 6.42 Å². The first kappa shape index (κ1) is 16.0. The van der Waals surface area contributed by atoms with Gasteiger partial charge in [0.15, 0.2) is 0 Å². The molecule has 2 aliphatic rings. The van der Waals surface area contributed by atoms with Crippen LogP contribution in [-0.4, -0.2) is 34.9 Å². The topological polar surface area (TPSA) is 59.2 Å². The summed E-state index contributed by atoms with van der Waals surface area (Å²) in [6.07, 6.45) is 1.15. The third kappa shape index (κ3) is 2.44. The molecule has 0 radical (unpaired) electrons. The Morgan fingerprint density at radius 2 is 2.33 bits per heavy atom. The number of aromatic nitrogens is 1. The van der Waals surface area contributed by atoms with Gasteiger partial charge < -0.3 is 10.6 Å². The fourth-order valence-electron chi connectivity index (χ4n) is 3.70. The molecule has 4 rings (SSSR count). The van der Waals surface area contributed by atoms with Crippen molar-refractivity contribution in [2.45, 2.75) is 19.4 Å². The van der Waals surface area contributed by atoms with Gasteiger partial charge in [0, 0.05) is 24.7 Å². The Morgan fingerprint density at radius 1 is 1.54 bits per heavy atom. The summed E-state index contributed by atoms with van der Waals surface area (Å²) in [7, 11) is 0. The van der Waals surface area contributed by atoms with Crippen LogP contribution in [-0.2, 0) is 0 Å². The van der Waals surface area contributed by atoms with Crippen LogP contribution in [0.4, 0.5) is 4.39 Å². The van der Waals surface area contributed by atoms with Gasteiger partial charge in [-0.3, -0.25) is 4.79 Å². The Bertz CT molecular complexity index is 804. The number of carbonyl (C=O) groups is 1. The van der Waals surface area contributed by atoms with Crippen molar-refractivity contribution < 1.29 is 9.18 Å². The number of fused-ring (bicyclic) bond motifs is 1. The lowest BCUT2D eigenvalue weighted by Gasteiger charge is -2.26. The van der Waals surface area contributed by atoms with Crippen LogP contribution in [0.2, 0.25) is 5.02 Å². The zero-order chi connectivity index (χ0) is 17.0. The molecule has 2 fully saturated rings. The van der Waals surface area contributed by atoms with Crippen LogP contribution >= 0.6 is 22.9 Å². The Hall–Kier alpha value is -1.50. The van der Waals surface area contributed by atoms with Crippen molar-refractivity contribution in [3.05, 3.63) is 39.7 Å². The van der Waals surface area contributed by atoms with Crippen LogP contribution < -0.4 is 5.73 Å². The summed E-state index contributed by atoms with van der Waals surface area (Å²) in [6, 6.07) is 4.58. The lowest BCUT2D eigenvalue weighted by molar-refractivity contribution is 0.0708. The third-order valence-corrected chi connectivity index (χ3v) is 6.24. The second-order valence-corrected chi connectivity index (χ2v) is 8.04. The first-order valence-electron chi connectivity index (χ1n) is 7.94. The molecule has 126 valence electrons. The molecule has 1 aromatic carbocycles. The van der Waals surface area contributed by atoms with Crippen molar-refractivity contribution in [2.75, 3.05) is 13.1 Å². The van der Waals surface area contributed by atoms with Crippen LogP contribution in [0.3, 0.4) is 0 Å². The van der Waals surface area contributed by atoms with Crippen molar-refractivity contribution in [3.8, 4) is 10.4 Å². The van der Waals surface area contributed by atoms with Crippen LogP contribution in [0.25, 0.3) is 10.4 Å². The molecule has 0 bridgehead atoms. The van der Waals surface area contributed by atoms with Gasteiger partial charge in [0.2, 0.25) is 0 Å². The maximum atomic E-state index is 14.3. The molecule has 3 atom stereocenters. The van der Waals surface area contributed by atoms with Gasteiger partial charge in [0.25, 0.3) is 5.91 Å². The molecule has 1 aliphatic heterocycles. The number of halogens is 2. The number of rotatable bonds is 3. The number of carbonyl (C=O) groups excluding carboxylic acids is 1. The fraction of sp³-hybridized carbons (Fsp3) is 0.412. The molecule has 4 nitrogen and oxygen atoms in total. The summed E-state index contributed by atoms with van der Waals surface area (Å²) in [4.78, 5) is 19.8. The van der Waals surface area contributed by atoms with E-state index in [9.17, 15) is 9.18 Å². The van der Waals surface area contributed by atoms with E-state index in [1.165, 1.54) is 17.4 Å². The molecule has 0 unspecified atom stereocenters. The summed E-state index contributed by atoms with van der Waals surface area (Å²) in [5.41, 5.74) is 6.40. The van der Waals surface area contributed by atoms with Gasteiger partial charge >= 0.3 is 0 Å². The molecular formula is C17H17ClFN3OS. The van der Waals surface area contributed by atoms with Crippen LogP contribution in [0.1, 0.15) is 21.9 Å². The maximum Gasteiger partial charge on any atom is 0.274 e. The molecule has 1 amide bonds. The first-order chi connectivity index (χ1) is 11.5. The number of aryl methyl sites for hydroxylation is 1. The smallest absolute Gasteiger partial charge is 0.274 e. The average molecular weight is 366 g/mol. The molecular weight excluding hydrogens is 349 g/mol. The van der Waals surface area contributed by atoms with Crippen LogP contribution in [0.5, 0.6) is 0 Å². The Labute approximate surface area is 148 Å². The third-order valence-electron chi connectivity index (χ3n) is 4.93. The standard InChI is InChI=1S/C17H17ClFN3OS/c1-8-21-15(16(24-8)14-11(18)3-2-4-12(14)19)17(23)22-7-9-5-10(9)13(22)6-20/h2-4,9-10,13H,5-7,20H2,1H3/t9-,10-,13+/m0/s1. The van der Waals surface area contributed by atoms with Crippen molar-refractivity contribution in [3.63, 3.8) is 0 Å². The van der Waals surface area contributed by atoms with Gasteiger partial charge in [0.1, 0.15) is 11.5 Å². The van der Waals surface area contributed by atoms with E-state index in [-0.39, 0.29) is 28.2 Å². The number of amides is 1. The number of benzene rings is 1. The number of hydrogen-bond acceptors (Lipinski definition) is 4. The molecule has 1 aromatic heterocycles. The van der Waals surface area contributed by atoms with E-state index >= 15 is 0 Å². The number of hydrogen-bond donors (Lipinski definition) is 1. The zero-order valence-corrected chi connectivity index (χ0v) is 14.7. The molecule has 7 heteroatoms. The predicted molar refractivity (Wildman–Crippen MR) is 92.7 cm³/mol.